The molecule has 2 aromatic rings. The fraction of sp³-hybridized carbons (Fsp3) is 0.438. The molecule has 5 rings (SSSR count). The van der Waals surface area contributed by atoms with E-state index in [1.807, 2.05) is 0 Å². The first-order chi connectivity index (χ1) is 9.22. The van der Waals surface area contributed by atoms with Crippen LogP contribution in [0.3, 0.4) is 0 Å². The number of carbonyl (C=O) groups is 1. The second-order valence-electron chi connectivity index (χ2n) is 5.91. The summed E-state index contributed by atoms with van der Waals surface area (Å²) in [6.07, 6.45) is 3.10. The van der Waals surface area contributed by atoms with Gasteiger partial charge >= 0.3 is 0 Å². The molecule has 1 N–H and O–H groups in total. The lowest BCUT2D eigenvalue weighted by atomic mass is 9.84. The van der Waals surface area contributed by atoms with Crippen LogP contribution in [-0.2, 0) is 11.2 Å². The van der Waals surface area contributed by atoms with Crippen LogP contribution in [0.4, 0.5) is 5.82 Å². The van der Waals surface area contributed by atoms with Gasteiger partial charge in [0.1, 0.15) is 11.6 Å². The summed E-state index contributed by atoms with van der Waals surface area (Å²) in [6.45, 7) is 4.03. The van der Waals surface area contributed by atoms with Gasteiger partial charge in [-0.15, -0.1) is 0 Å². The number of anilines is 1. The van der Waals surface area contributed by atoms with Crippen LogP contribution in [0.1, 0.15) is 36.8 Å². The Hall–Kier alpha value is -1.77. The van der Waals surface area contributed by atoms with Gasteiger partial charge in [-0.3, -0.25) is 4.79 Å². The SMILES string of the molecule is CC(=O)Cc1ccc2[nH]c3c(c2c1)C1CCN3CC1. The molecule has 3 heteroatoms. The largest absolute Gasteiger partial charge is 0.358 e. The summed E-state index contributed by atoms with van der Waals surface area (Å²) < 4.78 is 0. The zero-order valence-corrected chi connectivity index (χ0v) is 11.2. The van der Waals surface area contributed by atoms with Gasteiger partial charge in [-0.05, 0) is 43.4 Å². The third kappa shape index (κ3) is 1.61. The highest BCUT2D eigenvalue weighted by molar-refractivity contribution is 5.92. The third-order valence-corrected chi connectivity index (χ3v) is 4.55. The summed E-state index contributed by atoms with van der Waals surface area (Å²) in [4.78, 5) is 17.3. The highest BCUT2D eigenvalue weighted by atomic mass is 16.1. The Bertz CT molecular complexity index is 663. The Labute approximate surface area is 112 Å². The Morgan fingerprint density at radius 2 is 2.16 bits per heavy atom. The van der Waals surface area contributed by atoms with Crippen molar-refractivity contribution < 1.29 is 4.79 Å². The van der Waals surface area contributed by atoms with E-state index in [2.05, 4.69) is 28.1 Å². The van der Waals surface area contributed by atoms with Gasteiger partial charge < -0.3 is 9.88 Å². The van der Waals surface area contributed by atoms with E-state index in [1.165, 1.54) is 48.2 Å². The topological polar surface area (TPSA) is 36.1 Å². The molecule has 2 bridgehead atoms. The molecule has 1 saturated heterocycles. The van der Waals surface area contributed by atoms with Crippen LogP contribution in [0.25, 0.3) is 10.9 Å². The highest BCUT2D eigenvalue weighted by Crippen LogP contribution is 2.45. The maximum atomic E-state index is 11.3. The number of Topliss-reactive ketones (excluding diaryl/α,β-unsaturated/α-hetero) is 1. The lowest BCUT2D eigenvalue weighted by Crippen LogP contribution is -2.38. The van der Waals surface area contributed by atoms with Gasteiger partial charge in [-0.2, -0.15) is 0 Å². The van der Waals surface area contributed by atoms with Crippen molar-refractivity contribution in [3.63, 3.8) is 0 Å². The number of hydrogen-bond acceptors (Lipinski definition) is 2. The maximum absolute atomic E-state index is 11.3. The molecule has 1 aromatic heterocycles. The van der Waals surface area contributed by atoms with Gasteiger partial charge in [-0.1, -0.05) is 6.07 Å². The molecule has 3 aliphatic heterocycles. The van der Waals surface area contributed by atoms with Crippen LogP contribution < -0.4 is 4.90 Å². The number of aromatic nitrogens is 1. The zero-order valence-electron chi connectivity index (χ0n) is 11.2. The number of aromatic amines is 1. The van der Waals surface area contributed by atoms with E-state index in [0.717, 1.165) is 5.56 Å². The van der Waals surface area contributed by atoms with Gasteiger partial charge in [-0.25, -0.2) is 0 Å². The number of carbonyl (C=O) groups excluding carboxylic acids is 1. The Kier molecular flexibility index (Phi) is 2.25. The highest BCUT2D eigenvalue weighted by Gasteiger charge is 2.33. The molecule has 0 saturated carbocycles. The molecule has 0 unspecified atom stereocenters. The molecule has 1 aromatic carbocycles. The van der Waals surface area contributed by atoms with Crippen molar-refractivity contribution in [2.75, 3.05) is 18.0 Å². The molecule has 3 nitrogen and oxygen atoms in total. The van der Waals surface area contributed by atoms with E-state index >= 15 is 0 Å². The van der Waals surface area contributed by atoms with Crippen molar-refractivity contribution in [3.05, 3.63) is 29.3 Å². The lowest BCUT2D eigenvalue weighted by Gasteiger charge is -2.40. The lowest BCUT2D eigenvalue weighted by molar-refractivity contribution is -0.116. The normalized spacial score (nSPS) is 18.1. The molecular weight excluding hydrogens is 236 g/mol. The fourth-order valence-electron chi connectivity index (χ4n) is 3.70. The number of nitrogens with one attached hydrogen (secondary N) is 1. The number of benzene rings is 1. The van der Waals surface area contributed by atoms with E-state index in [0.29, 0.717) is 12.3 Å². The molecule has 0 atom stereocenters. The van der Waals surface area contributed by atoms with E-state index in [9.17, 15) is 4.79 Å². The van der Waals surface area contributed by atoms with Crippen LogP contribution in [0.2, 0.25) is 0 Å². The van der Waals surface area contributed by atoms with Crippen LogP contribution >= 0.6 is 0 Å². The first-order valence-corrected chi connectivity index (χ1v) is 7.11. The minimum Gasteiger partial charge on any atom is -0.358 e. The van der Waals surface area contributed by atoms with E-state index in [-0.39, 0.29) is 5.78 Å². The van der Waals surface area contributed by atoms with Crippen molar-refractivity contribution in [1.82, 2.24) is 4.98 Å². The summed E-state index contributed by atoms with van der Waals surface area (Å²) in [5.74, 6) is 2.27. The first-order valence-electron chi connectivity index (χ1n) is 7.11. The minimum absolute atomic E-state index is 0.231. The Morgan fingerprint density at radius 1 is 1.37 bits per heavy atom. The van der Waals surface area contributed by atoms with Crippen LogP contribution in [0.5, 0.6) is 0 Å². The van der Waals surface area contributed by atoms with E-state index in [1.54, 1.807) is 6.92 Å². The number of hydrogen-bond donors (Lipinski definition) is 1. The van der Waals surface area contributed by atoms with Crippen molar-refractivity contribution in [3.8, 4) is 0 Å². The summed E-state index contributed by atoms with van der Waals surface area (Å²) >= 11 is 0. The smallest absolute Gasteiger partial charge is 0.134 e. The zero-order chi connectivity index (χ0) is 13.0. The molecule has 0 radical (unpaired) electrons. The number of H-pyrrole nitrogens is 1. The number of nitrogens with zero attached hydrogens (tertiary/aromatic N) is 1. The van der Waals surface area contributed by atoms with Gasteiger partial charge in [0.2, 0.25) is 0 Å². The van der Waals surface area contributed by atoms with Crippen molar-refractivity contribution in [1.29, 1.82) is 0 Å². The predicted molar refractivity (Wildman–Crippen MR) is 76.9 cm³/mol. The summed E-state index contributed by atoms with van der Waals surface area (Å²) in [7, 11) is 0. The maximum Gasteiger partial charge on any atom is 0.134 e. The fourth-order valence-corrected chi connectivity index (χ4v) is 3.70. The van der Waals surface area contributed by atoms with Crippen molar-refractivity contribution >= 4 is 22.5 Å². The molecule has 19 heavy (non-hydrogen) atoms. The van der Waals surface area contributed by atoms with E-state index in [4.69, 9.17) is 0 Å². The Morgan fingerprint density at radius 3 is 2.89 bits per heavy atom. The second kappa shape index (κ2) is 3.86. The number of rotatable bonds is 2. The average molecular weight is 254 g/mol. The van der Waals surface area contributed by atoms with Gasteiger partial charge in [0.25, 0.3) is 0 Å². The number of fused-ring (bicyclic) bond motifs is 3. The van der Waals surface area contributed by atoms with Gasteiger partial charge in [0.05, 0.1) is 0 Å². The number of piperidine rings is 1. The quantitative estimate of drug-likeness (QED) is 0.894. The summed E-state index contributed by atoms with van der Waals surface area (Å²) in [5, 5.41) is 1.34. The van der Waals surface area contributed by atoms with Crippen molar-refractivity contribution in [2.45, 2.75) is 32.1 Å². The molecule has 0 spiro atoms. The monoisotopic (exact) mass is 254 g/mol. The number of ketones is 1. The first kappa shape index (κ1) is 11.1. The van der Waals surface area contributed by atoms with Gasteiger partial charge in [0.15, 0.2) is 0 Å². The van der Waals surface area contributed by atoms with Crippen LogP contribution in [0, 0.1) is 0 Å². The molecule has 1 fully saturated rings. The molecular formula is C16H18N2O. The average Bonchev–Trinajstić information content (AvgIpc) is 2.80. The predicted octanol–water partition coefficient (Wildman–Crippen LogP) is 3.00. The van der Waals surface area contributed by atoms with Crippen LogP contribution in [-0.4, -0.2) is 23.9 Å². The minimum atomic E-state index is 0.231. The third-order valence-electron chi connectivity index (χ3n) is 4.55. The summed E-state index contributed by atoms with van der Waals surface area (Å²) in [5.41, 5.74) is 3.85. The molecule has 3 aliphatic rings. The molecule has 0 aliphatic carbocycles. The summed E-state index contributed by atoms with van der Waals surface area (Å²) in [6, 6.07) is 6.42. The molecule has 4 heterocycles. The van der Waals surface area contributed by atoms with Gasteiger partial charge in [0, 0.05) is 36.0 Å². The molecule has 0 amide bonds. The van der Waals surface area contributed by atoms with E-state index < -0.39 is 0 Å². The standard InChI is InChI=1S/C16H18N2O/c1-10(19)8-11-2-3-14-13(9-11)15-12-4-6-18(7-5-12)16(15)17-14/h2-3,9,12,17H,4-8H2,1H3. The van der Waals surface area contributed by atoms with Crippen LogP contribution in [0.15, 0.2) is 18.2 Å². The Balaban J connectivity index is 1.89. The van der Waals surface area contributed by atoms with Crippen molar-refractivity contribution in [2.24, 2.45) is 0 Å². The molecule has 98 valence electrons. The second-order valence-corrected chi connectivity index (χ2v) is 5.91.